The highest BCUT2D eigenvalue weighted by atomic mass is 15.2. The van der Waals surface area contributed by atoms with Crippen LogP contribution in [0.25, 0.3) is 4.85 Å². The molecule has 0 radical (unpaired) electrons. The van der Waals surface area contributed by atoms with Gasteiger partial charge in [-0.1, -0.05) is 68.5 Å². The highest BCUT2D eigenvalue weighted by molar-refractivity contribution is 7.02. The van der Waals surface area contributed by atoms with Gasteiger partial charge in [-0.3, -0.25) is 0 Å². The van der Waals surface area contributed by atoms with Crippen LogP contribution in [-0.2, 0) is 0 Å². The van der Waals surface area contributed by atoms with Crippen LogP contribution in [0.4, 0.5) is 22.7 Å². The highest BCUT2D eigenvalue weighted by Gasteiger charge is 2.45. The molecule has 0 fully saturated rings. The Morgan fingerprint density at radius 3 is 1.40 bits per heavy atom. The van der Waals surface area contributed by atoms with Crippen molar-refractivity contribution in [2.75, 3.05) is 4.90 Å². The molecule has 0 aliphatic carbocycles. The van der Waals surface area contributed by atoms with Crippen LogP contribution in [0, 0.1) is 94.1 Å². The lowest BCUT2D eigenvalue weighted by molar-refractivity contribution is 1.19. The lowest BCUT2D eigenvalue weighted by atomic mass is 9.29. The Hall–Kier alpha value is -4.99. The number of aryl methyl sites for hydroxylation is 1. The van der Waals surface area contributed by atoms with E-state index in [1.807, 2.05) is 12.1 Å². The van der Waals surface area contributed by atoms with Crippen LogP contribution in [0.3, 0.4) is 0 Å². The summed E-state index contributed by atoms with van der Waals surface area (Å²) in [5, 5.41) is 10.1. The molecule has 5 aromatic rings. The molecule has 48 heavy (non-hydrogen) atoms. The van der Waals surface area contributed by atoms with Crippen LogP contribution >= 0.6 is 0 Å². The molecule has 2 aliphatic rings. The van der Waals surface area contributed by atoms with Crippen molar-refractivity contribution in [2.24, 2.45) is 0 Å². The lowest BCUT2D eigenvalue weighted by Gasteiger charge is -2.45. The summed E-state index contributed by atoms with van der Waals surface area (Å²) in [7, 11) is 0. The maximum atomic E-state index is 10.1. The Labute approximate surface area is 287 Å². The summed E-state index contributed by atoms with van der Waals surface area (Å²) in [5.74, 6) is 0. The van der Waals surface area contributed by atoms with E-state index in [9.17, 15) is 5.26 Å². The van der Waals surface area contributed by atoms with Gasteiger partial charge in [-0.15, -0.1) is 0 Å². The molecule has 0 atom stereocenters. The molecule has 2 heterocycles. The summed E-state index contributed by atoms with van der Waals surface area (Å²) in [6.45, 7) is 32.7. The molecular weight excluding hydrogens is 580 g/mol. The van der Waals surface area contributed by atoms with E-state index in [2.05, 4.69) is 128 Å². The monoisotopic (exact) mass is 621 g/mol. The SMILES string of the molecule is [C-]#[N+]c1ccc2c(c1)B(c1c(C)c(C)c(C)c(C)c1C)c1cc(C)cc3c1N2c1ccc(C#N)cc1B3c1c(C)c(C)c(C)c(C)c1C. The molecule has 2 aliphatic heterocycles. The Bertz CT molecular complexity index is 2130. The van der Waals surface area contributed by atoms with Crippen molar-refractivity contribution in [3.05, 3.63) is 127 Å². The number of rotatable bonds is 2. The van der Waals surface area contributed by atoms with Crippen LogP contribution in [0.5, 0.6) is 0 Å². The van der Waals surface area contributed by atoms with Gasteiger partial charge in [-0.05, 0) is 150 Å². The third-order valence-electron chi connectivity index (χ3n) is 12.3. The first-order valence-electron chi connectivity index (χ1n) is 17.0. The number of fused-ring (bicyclic) bond motifs is 4. The molecule has 0 bridgehead atoms. The van der Waals surface area contributed by atoms with Crippen molar-refractivity contribution in [3.63, 3.8) is 0 Å². The number of benzene rings is 5. The zero-order valence-electron chi connectivity index (χ0n) is 30.1. The molecule has 0 spiro atoms. The van der Waals surface area contributed by atoms with Crippen LogP contribution in [0.1, 0.15) is 66.8 Å². The Balaban J connectivity index is 1.68. The van der Waals surface area contributed by atoms with Gasteiger partial charge in [0.15, 0.2) is 5.69 Å². The van der Waals surface area contributed by atoms with E-state index in [-0.39, 0.29) is 13.4 Å². The van der Waals surface area contributed by atoms with E-state index in [0.29, 0.717) is 11.3 Å². The topological polar surface area (TPSA) is 31.4 Å². The van der Waals surface area contributed by atoms with Crippen molar-refractivity contribution in [1.29, 1.82) is 5.26 Å². The van der Waals surface area contributed by atoms with Gasteiger partial charge in [0.05, 0.1) is 18.2 Å². The lowest BCUT2D eigenvalue weighted by Crippen LogP contribution is -2.66. The van der Waals surface area contributed by atoms with E-state index < -0.39 is 0 Å². The Morgan fingerprint density at radius 1 is 0.542 bits per heavy atom. The quantitative estimate of drug-likeness (QED) is 0.160. The highest BCUT2D eigenvalue weighted by Crippen LogP contribution is 2.39. The minimum absolute atomic E-state index is 0.0335. The molecule has 7 rings (SSSR count). The predicted octanol–water partition coefficient (Wildman–Crippen LogP) is 6.63. The molecule has 0 aromatic heterocycles. The Kier molecular flexibility index (Phi) is 7.27. The predicted molar refractivity (Wildman–Crippen MR) is 206 cm³/mol. The van der Waals surface area contributed by atoms with E-state index in [1.54, 1.807) is 0 Å². The van der Waals surface area contributed by atoms with Gasteiger partial charge >= 0.3 is 0 Å². The van der Waals surface area contributed by atoms with Gasteiger partial charge in [0.25, 0.3) is 0 Å². The zero-order valence-corrected chi connectivity index (χ0v) is 30.1. The summed E-state index contributed by atoms with van der Waals surface area (Å²) in [6, 6.07) is 19.7. The molecule has 3 nitrogen and oxygen atoms in total. The maximum absolute atomic E-state index is 10.1. The number of hydrogen-bond donors (Lipinski definition) is 0. The van der Waals surface area contributed by atoms with Gasteiger partial charge < -0.3 is 4.90 Å². The third kappa shape index (κ3) is 4.20. The Morgan fingerprint density at radius 2 is 0.958 bits per heavy atom. The van der Waals surface area contributed by atoms with Gasteiger partial charge in [0.2, 0.25) is 13.4 Å². The van der Waals surface area contributed by atoms with Gasteiger partial charge in [0, 0.05) is 17.1 Å². The zero-order chi connectivity index (χ0) is 34.5. The molecule has 0 saturated carbocycles. The van der Waals surface area contributed by atoms with Crippen molar-refractivity contribution >= 4 is 69.0 Å². The largest absolute Gasteiger partial charge is 0.313 e. The minimum Gasteiger partial charge on any atom is -0.313 e. The summed E-state index contributed by atoms with van der Waals surface area (Å²) >= 11 is 0. The summed E-state index contributed by atoms with van der Waals surface area (Å²) < 4.78 is 0. The first-order chi connectivity index (χ1) is 22.8. The second kappa shape index (κ2) is 11.0. The number of nitriles is 1. The summed E-state index contributed by atoms with van der Waals surface area (Å²) in [6.07, 6.45) is 0. The van der Waals surface area contributed by atoms with E-state index in [4.69, 9.17) is 6.57 Å². The van der Waals surface area contributed by atoms with Crippen LogP contribution in [0.15, 0.2) is 48.5 Å². The van der Waals surface area contributed by atoms with Crippen molar-refractivity contribution in [1.82, 2.24) is 0 Å². The third-order valence-corrected chi connectivity index (χ3v) is 12.3. The van der Waals surface area contributed by atoms with Crippen molar-refractivity contribution in [2.45, 2.75) is 76.2 Å². The minimum atomic E-state index is -0.0374. The van der Waals surface area contributed by atoms with Gasteiger partial charge in [-0.25, -0.2) is 4.85 Å². The molecule has 5 heteroatoms. The fraction of sp³-hybridized carbons (Fsp3) is 0.256. The average molecular weight is 621 g/mol. The summed E-state index contributed by atoms with van der Waals surface area (Å²) in [4.78, 5) is 6.35. The fourth-order valence-electron chi connectivity index (χ4n) is 8.89. The molecule has 0 unspecified atom stereocenters. The van der Waals surface area contributed by atoms with E-state index >= 15 is 0 Å². The molecular formula is C43H41B2N3. The van der Waals surface area contributed by atoms with Crippen LogP contribution in [-0.4, -0.2) is 13.4 Å². The maximum Gasteiger partial charge on any atom is 0.247 e. The fourth-order valence-corrected chi connectivity index (χ4v) is 8.89. The first-order valence-corrected chi connectivity index (χ1v) is 17.0. The van der Waals surface area contributed by atoms with Gasteiger partial charge in [0.1, 0.15) is 0 Å². The summed E-state index contributed by atoms with van der Waals surface area (Å²) in [5.41, 5.74) is 26.9. The van der Waals surface area contributed by atoms with Crippen LogP contribution < -0.4 is 37.7 Å². The second-order valence-electron chi connectivity index (χ2n) is 14.3. The van der Waals surface area contributed by atoms with Crippen molar-refractivity contribution < 1.29 is 0 Å². The molecule has 0 saturated heterocycles. The molecule has 0 N–H and O–H groups in total. The first kappa shape index (κ1) is 31.6. The van der Waals surface area contributed by atoms with Crippen molar-refractivity contribution in [3.8, 4) is 6.07 Å². The standard InChI is InChI=1S/C43H41B2N3/c1-22-17-37-43-38(18-22)45(42-31(10)27(6)24(3)28(7)32(42)11)36-20-34(47-12)14-16-40(36)48(43)39-15-13-33(21-46)19-35(39)44(37)41-29(8)25(4)23(2)26(5)30(41)9/h13-20H,1-11H3. The van der Waals surface area contributed by atoms with E-state index in [1.165, 1.54) is 88.7 Å². The number of anilines is 3. The normalized spacial score (nSPS) is 12.7. The molecule has 5 aromatic carbocycles. The van der Waals surface area contributed by atoms with E-state index in [0.717, 1.165) is 22.3 Å². The van der Waals surface area contributed by atoms with Gasteiger partial charge in [-0.2, -0.15) is 5.26 Å². The smallest absolute Gasteiger partial charge is 0.247 e. The molecule has 234 valence electrons. The second-order valence-corrected chi connectivity index (χ2v) is 14.3. The van der Waals surface area contributed by atoms with Crippen LogP contribution in [0.2, 0.25) is 0 Å². The molecule has 0 amide bonds. The number of hydrogen-bond acceptors (Lipinski definition) is 2. The average Bonchev–Trinajstić information content (AvgIpc) is 3.09. The number of nitrogens with zero attached hydrogens (tertiary/aromatic N) is 3.